The Morgan fingerprint density at radius 3 is 2.75 bits per heavy atom. The molecule has 0 amide bonds. The SMILES string of the molecule is C=C/C=C1/COC2(CCNCC2)O/C1=C/C. The van der Waals surface area contributed by atoms with Crippen LogP contribution in [0.5, 0.6) is 0 Å². The Morgan fingerprint density at radius 2 is 2.12 bits per heavy atom. The van der Waals surface area contributed by atoms with E-state index in [1.807, 2.05) is 19.1 Å². The van der Waals surface area contributed by atoms with E-state index in [2.05, 4.69) is 11.9 Å². The molecule has 0 saturated carbocycles. The third kappa shape index (κ3) is 2.20. The first-order chi connectivity index (χ1) is 7.79. The monoisotopic (exact) mass is 221 g/mol. The second-order valence-electron chi connectivity index (χ2n) is 4.13. The van der Waals surface area contributed by atoms with Gasteiger partial charge in [0.05, 0.1) is 6.61 Å². The Bertz CT molecular complexity index is 325. The maximum Gasteiger partial charge on any atom is 0.213 e. The average Bonchev–Trinajstić information content (AvgIpc) is 2.33. The number of allylic oxidation sites excluding steroid dienone is 3. The predicted octanol–water partition coefficient (Wildman–Crippen LogP) is 2.13. The number of hydrogen-bond acceptors (Lipinski definition) is 3. The fourth-order valence-electron chi connectivity index (χ4n) is 2.15. The van der Waals surface area contributed by atoms with Crippen molar-refractivity contribution in [2.24, 2.45) is 0 Å². The smallest absolute Gasteiger partial charge is 0.213 e. The van der Waals surface area contributed by atoms with Crippen LogP contribution in [-0.2, 0) is 9.47 Å². The van der Waals surface area contributed by atoms with E-state index in [-0.39, 0.29) is 0 Å². The summed E-state index contributed by atoms with van der Waals surface area (Å²) in [6.07, 6.45) is 7.54. The van der Waals surface area contributed by atoms with Gasteiger partial charge in [0.2, 0.25) is 5.79 Å². The summed E-state index contributed by atoms with van der Waals surface area (Å²) in [5.74, 6) is 0.541. The molecule has 2 heterocycles. The third-order valence-corrected chi connectivity index (χ3v) is 3.05. The molecule has 0 aromatic heterocycles. The van der Waals surface area contributed by atoms with Crippen LogP contribution in [0.25, 0.3) is 0 Å². The normalized spacial score (nSPS) is 29.3. The quantitative estimate of drug-likeness (QED) is 0.735. The highest BCUT2D eigenvalue weighted by molar-refractivity contribution is 5.31. The number of hydrogen-bond donors (Lipinski definition) is 1. The highest BCUT2D eigenvalue weighted by atomic mass is 16.7. The largest absolute Gasteiger partial charge is 0.462 e. The lowest BCUT2D eigenvalue weighted by Gasteiger charge is -2.42. The van der Waals surface area contributed by atoms with Crippen molar-refractivity contribution in [3.05, 3.63) is 36.1 Å². The summed E-state index contributed by atoms with van der Waals surface area (Å²) in [6.45, 7) is 8.22. The van der Waals surface area contributed by atoms with Gasteiger partial charge in [-0.1, -0.05) is 18.7 Å². The van der Waals surface area contributed by atoms with Crippen molar-refractivity contribution >= 4 is 0 Å². The van der Waals surface area contributed by atoms with E-state index in [1.54, 1.807) is 6.08 Å². The molecule has 3 heteroatoms. The molecule has 0 unspecified atom stereocenters. The molecule has 0 atom stereocenters. The van der Waals surface area contributed by atoms with Crippen molar-refractivity contribution in [3.63, 3.8) is 0 Å². The molecule has 0 aliphatic carbocycles. The second-order valence-corrected chi connectivity index (χ2v) is 4.13. The van der Waals surface area contributed by atoms with Gasteiger partial charge in [-0.3, -0.25) is 0 Å². The van der Waals surface area contributed by atoms with Gasteiger partial charge in [-0.25, -0.2) is 0 Å². The van der Waals surface area contributed by atoms with Crippen molar-refractivity contribution in [2.45, 2.75) is 25.6 Å². The minimum atomic E-state index is -0.397. The van der Waals surface area contributed by atoms with Crippen LogP contribution in [0.4, 0.5) is 0 Å². The van der Waals surface area contributed by atoms with Gasteiger partial charge in [-0.2, -0.15) is 0 Å². The maximum absolute atomic E-state index is 6.01. The number of piperidine rings is 1. The van der Waals surface area contributed by atoms with Gasteiger partial charge in [0.25, 0.3) is 0 Å². The minimum absolute atomic E-state index is 0.397. The van der Waals surface area contributed by atoms with Gasteiger partial charge in [-0.05, 0) is 13.0 Å². The molecule has 1 spiro atoms. The molecule has 0 bridgehead atoms. The fourth-order valence-corrected chi connectivity index (χ4v) is 2.15. The molecule has 16 heavy (non-hydrogen) atoms. The average molecular weight is 221 g/mol. The molecule has 0 radical (unpaired) electrons. The Balaban J connectivity index is 2.14. The summed E-state index contributed by atoms with van der Waals surface area (Å²) < 4.78 is 11.9. The van der Waals surface area contributed by atoms with Gasteiger partial charge >= 0.3 is 0 Å². The number of nitrogens with one attached hydrogen (secondary N) is 1. The van der Waals surface area contributed by atoms with Gasteiger partial charge in [0, 0.05) is 31.5 Å². The molecule has 2 rings (SSSR count). The van der Waals surface area contributed by atoms with Crippen LogP contribution in [0, 0.1) is 0 Å². The number of ether oxygens (including phenoxy) is 2. The van der Waals surface area contributed by atoms with Crippen LogP contribution in [-0.4, -0.2) is 25.5 Å². The first-order valence-electron chi connectivity index (χ1n) is 5.82. The van der Waals surface area contributed by atoms with Crippen molar-refractivity contribution in [3.8, 4) is 0 Å². The van der Waals surface area contributed by atoms with Crippen LogP contribution in [0.15, 0.2) is 36.1 Å². The van der Waals surface area contributed by atoms with E-state index in [0.29, 0.717) is 6.61 Å². The first-order valence-corrected chi connectivity index (χ1v) is 5.82. The fraction of sp³-hybridized carbons (Fsp3) is 0.538. The summed E-state index contributed by atoms with van der Waals surface area (Å²) in [5.41, 5.74) is 1.07. The minimum Gasteiger partial charge on any atom is -0.462 e. The molecule has 2 aliphatic heterocycles. The van der Waals surface area contributed by atoms with Crippen LogP contribution < -0.4 is 5.32 Å². The van der Waals surface area contributed by atoms with Crippen molar-refractivity contribution in [1.29, 1.82) is 0 Å². The topological polar surface area (TPSA) is 30.5 Å². The van der Waals surface area contributed by atoms with Crippen LogP contribution in [0.3, 0.4) is 0 Å². The summed E-state index contributed by atoms with van der Waals surface area (Å²) in [6, 6.07) is 0. The van der Waals surface area contributed by atoms with E-state index in [1.165, 1.54) is 0 Å². The van der Waals surface area contributed by atoms with E-state index in [0.717, 1.165) is 37.3 Å². The van der Waals surface area contributed by atoms with E-state index in [9.17, 15) is 0 Å². The van der Waals surface area contributed by atoms with E-state index in [4.69, 9.17) is 9.47 Å². The van der Waals surface area contributed by atoms with Gasteiger partial charge in [-0.15, -0.1) is 0 Å². The first kappa shape index (κ1) is 11.4. The molecule has 2 saturated heterocycles. The Morgan fingerprint density at radius 1 is 1.38 bits per heavy atom. The summed E-state index contributed by atoms with van der Waals surface area (Å²) >= 11 is 0. The van der Waals surface area contributed by atoms with Crippen LogP contribution in [0.2, 0.25) is 0 Å². The van der Waals surface area contributed by atoms with E-state index < -0.39 is 5.79 Å². The highest BCUT2D eigenvalue weighted by Gasteiger charge is 2.39. The van der Waals surface area contributed by atoms with Gasteiger partial charge in [0.15, 0.2) is 0 Å². The molecular formula is C13H19NO2. The van der Waals surface area contributed by atoms with Crippen molar-refractivity contribution in [2.75, 3.05) is 19.7 Å². The zero-order valence-corrected chi connectivity index (χ0v) is 9.79. The molecule has 2 fully saturated rings. The lowest BCUT2D eigenvalue weighted by molar-refractivity contribution is -0.238. The zero-order chi connectivity index (χ0) is 11.4. The van der Waals surface area contributed by atoms with E-state index >= 15 is 0 Å². The second kappa shape index (κ2) is 4.85. The highest BCUT2D eigenvalue weighted by Crippen LogP contribution is 2.35. The Labute approximate surface area is 96.8 Å². The Hall–Kier alpha value is -1.06. The summed E-state index contributed by atoms with van der Waals surface area (Å²) in [4.78, 5) is 0. The van der Waals surface area contributed by atoms with Crippen molar-refractivity contribution < 1.29 is 9.47 Å². The predicted molar refractivity (Wildman–Crippen MR) is 63.9 cm³/mol. The third-order valence-electron chi connectivity index (χ3n) is 3.05. The van der Waals surface area contributed by atoms with Crippen LogP contribution >= 0.6 is 0 Å². The zero-order valence-electron chi connectivity index (χ0n) is 9.79. The lowest BCUT2D eigenvalue weighted by atomic mass is 10.0. The molecule has 1 N–H and O–H groups in total. The molecule has 2 aliphatic rings. The standard InChI is InChI=1S/C13H19NO2/c1-3-5-11-10-15-13(16-12(11)4-2)6-8-14-9-7-13/h3-5,14H,1,6-10H2,2H3/b11-5-,12-4+. The lowest BCUT2D eigenvalue weighted by Crippen LogP contribution is -2.48. The van der Waals surface area contributed by atoms with Gasteiger partial charge in [0.1, 0.15) is 5.76 Å². The van der Waals surface area contributed by atoms with Crippen molar-refractivity contribution in [1.82, 2.24) is 5.32 Å². The van der Waals surface area contributed by atoms with Gasteiger partial charge < -0.3 is 14.8 Å². The summed E-state index contributed by atoms with van der Waals surface area (Å²) in [7, 11) is 0. The molecule has 3 nitrogen and oxygen atoms in total. The summed E-state index contributed by atoms with van der Waals surface area (Å²) in [5, 5.41) is 3.32. The molecule has 0 aromatic rings. The molecular weight excluding hydrogens is 202 g/mol. The maximum atomic E-state index is 6.01. The Kier molecular flexibility index (Phi) is 3.46. The molecule has 0 aromatic carbocycles. The molecule has 88 valence electrons. The van der Waals surface area contributed by atoms with Crippen LogP contribution in [0.1, 0.15) is 19.8 Å². The number of rotatable bonds is 1.